The van der Waals surface area contributed by atoms with Crippen LogP contribution in [0.5, 0.6) is 0 Å². The van der Waals surface area contributed by atoms with Crippen LogP contribution >= 0.6 is 11.6 Å². The summed E-state index contributed by atoms with van der Waals surface area (Å²) in [6, 6.07) is 3.66. The molecule has 1 aromatic heterocycles. The van der Waals surface area contributed by atoms with Crippen molar-refractivity contribution in [3.05, 3.63) is 16.5 Å². The van der Waals surface area contributed by atoms with Gasteiger partial charge in [0, 0.05) is 13.1 Å². The molecule has 0 aliphatic carbocycles. The third-order valence-corrected chi connectivity index (χ3v) is 2.71. The van der Waals surface area contributed by atoms with Gasteiger partial charge >= 0.3 is 0 Å². The summed E-state index contributed by atoms with van der Waals surface area (Å²) < 4.78 is 0. The third kappa shape index (κ3) is 1.78. The molecule has 0 amide bonds. The van der Waals surface area contributed by atoms with Gasteiger partial charge in [0.2, 0.25) is 0 Å². The van der Waals surface area contributed by atoms with Crippen LogP contribution < -0.4 is 4.90 Å². The van der Waals surface area contributed by atoms with E-state index in [0.29, 0.717) is 5.82 Å². The van der Waals surface area contributed by atoms with E-state index in [1.807, 2.05) is 11.0 Å². The average Bonchev–Trinajstić information content (AvgIpc) is 2.82. The predicted molar refractivity (Wildman–Crippen MR) is 57.9 cm³/mol. The smallest absolute Gasteiger partial charge is 0.179 e. The fourth-order valence-electron chi connectivity index (χ4n) is 1.69. The third-order valence-electron chi connectivity index (χ3n) is 2.45. The van der Waals surface area contributed by atoms with E-state index in [4.69, 9.17) is 22.1 Å². The van der Waals surface area contributed by atoms with Gasteiger partial charge in [0.05, 0.1) is 0 Å². The Bertz CT molecular complexity index is 493. The van der Waals surface area contributed by atoms with Gasteiger partial charge in [0.1, 0.15) is 12.1 Å². The summed E-state index contributed by atoms with van der Waals surface area (Å²) in [5.41, 5.74) is 0.0178. The van der Waals surface area contributed by atoms with E-state index < -0.39 is 0 Å². The monoisotopic (exact) mass is 233 g/mol. The second-order valence-corrected chi connectivity index (χ2v) is 3.81. The van der Waals surface area contributed by atoms with Gasteiger partial charge in [-0.25, -0.2) is 9.97 Å². The Labute approximate surface area is 97.9 Å². The van der Waals surface area contributed by atoms with Crippen molar-refractivity contribution in [1.29, 1.82) is 10.5 Å². The minimum Gasteiger partial charge on any atom is -0.354 e. The van der Waals surface area contributed by atoms with Crippen molar-refractivity contribution in [3.8, 4) is 12.1 Å². The van der Waals surface area contributed by atoms with Crippen molar-refractivity contribution in [2.75, 3.05) is 18.0 Å². The van der Waals surface area contributed by atoms with Crippen molar-refractivity contribution in [1.82, 2.24) is 9.97 Å². The Morgan fingerprint density at radius 1 is 1.06 bits per heavy atom. The molecule has 1 aliphatic rings. The zero-order valence-electron chi connectivity index (χ0n) is 8.44. The first-order chi connectivity index (χ1) is 7.76. The summed E-state index contributed by atoms with van der Waals surface area (Å²) in [6.07, 6.45) is 2.17. The molecule has 16 heavy (non-hydrogen) atoms. The summed E-state index contributed by atoms with van der Waals surface area (Å²) in [7, 11) is 0. The summed E-state index contributed by atoms with van der Waals surface area (Å²) >= 11 is 5.94. The summed E-state index contributed by atoms with van der Waals surface area (Å²) in [5, 5.41) is 17.8. The molecule has 0 atom stereocenters. The van der Waals surface area contributed by atoms with Gasteiger partial charge in [-0.15, -0.1) is 0 Å². The Morgan fingerprint density at radius 3 is 2.19 bits per heavy atom. The van der Waals surface area contributed by atoms with Crippen molar-refractivity contribution in [2.24, 2.45) is 0 Å². The molecule has 0 spiro atoms. The zero-order valence-corrected chi connectivity index (χ0v) is 9.20. The lowest BCUT2D eigenvalue weighted by molar-refractivity contribution is 0.919. The van der Waals surface area contributed by atoms with E-state index in [-0.39, 0.29) is 16.5 Å². The van der Waals surface area contributed by atoms with Gasteiger partial charge in [-0.3, -0.25) is 0 Å². The SMILES string of the molecule is N#Cc1nc(Cl)c(N2CCCC2)nc1C#N. The molecule has 1 fully saturated rings. The quantitative estimate of drug-likeness (QED) is 0.734. The molecule has 0 unspecified atom stereocenters. The predicted octanol–water partition coefficient (Wildman–Crippen LogP) is 1.47. The average molecular weight is 234 g/mol. The number of nitrogens with zero attached hydrogens (tertiary/aromatic N) is 5. The second-order valence-electron chi connectivity index (χ2n) is 3.45. The largest absolute Gasteiger partial charge is 0.354 e. The standard InChI is InChI=1S/C10H8ClN5/c11-9-10(16-3-1-2-4-16)15-8(6-13)7(5-12)14-9/h1-4H2. The normalized spacial score (nSPS) is 14.6. The molecule has 0 saturated carbocycles. The first-order valence-electron chi connectivity index (χ1n) is 4.89. The maximum atomic E-state index is 8.84. The van der Waals surface area contributed by atoms with Crippen LogP contribution in [0.2, 0.25) is 5.15 Å². The Morgan fingerprint density at radius 2 is 1.62 bits per heavy atom. The van der Waals surface area contributed by atoms with Crippen LogP contribution in [0, 0.1) is 22.7 Å². The van der Waals surface area contributed by atoms with Crippen LogP contribution in [-0.4, -0.2) is 23.1 Å². The first kappa shape index (κ1) is 10.7. The van der Waals surface area contributed by atoms with Crippen LogP contribution in [0.1, 0.15) is 24.2 Å². The Balaban J connectivity index is 2.47. The molecule has 2 rings (SSSR count). The van der Waals surface area contributed by atoms with Gasteiger partial charge in [0.25, 0.3) is 0 Å². The number of aromatic nitrogens is 2. The van der Waals surface area contributed by atoms with Crippen LogP contribution in [0.4, 0.5) is 5.82 Å². The molecule has 0 bridgehead atoms. The summed E-state index contributed by atoms with van der Waals surface area (Å²) in [4.78, 5) is 9.96. The van der Waals surface area contributed by atoms with Crippen molar-refractivity contribution in [2.45, 2.75) is 12.8 Å². The molecule has 80 valence electrons. The van der Waals surface area contributed by atoms with E-state index in [1.165, 1.54) is 0 Å². The molecule has 1 aliphatic heterocycles. The van der Waals surface area contributed by atoms with Gasteiger partial charge in [0.15, 0.2) is 22.4 Å². The molecule has 6 heteroatoms. The molecular formula is C10H8ClN5. The molecule has 0 N–H and O–H groups in total. The summed E-state index contributed by atoms with van der Waals surface area (Å²) in [5.74, 6) is 0.509. The van der Waals surface area contributed by atoms with Crippen molar-refractivity contribution >= 4 is 17.4 Å². The van der Waals surface area contributed by atoms with Gasteiger partial charge in [-0.05, 0) is 12.8 Å². The van der Waals surface area contributed by atoms with E-state index in [0.717, 1.165) is 25.9 Å². The first-order valence-corrected chi connectivity index (χ1v) is 5.26. The highest BCUT2D eigenvalue weighted by molar-refractivity contribution is 6.31. The van der Waals surface area contributed by atoms with E-state index in [2.05, 4.69) is 9.97 Å². The Kier molecular flexibility index (Phi) is 2.89. The molecule has 1 saturated heterocycles. The minimum absolute atomic E-state index is 0.0181. The number of hydrogen-bond donors (Lipinski definition) is 0. The highest BCUT2D eigenvalue weighted by atomic mass is 35.5. The number of halogens is 1. The van der Waals surface area contributed by atoms with Gasteiger partial charge < -0.3 is 4.90 Å². The molecule has 1 aromatic rings. The summed E-state index contributed by atoms with van der Waals surface area (Å²) in [6.45, 7) is 1.73. The van der Waals surface area contributed by atoms with Crippen LogP contribution in [-0.2, 0) is 0 Å². The number of rotatable bonds is 1. The minimum atomic E-state index is -0.0181. The molecule has 2 heterocycles. The van der Waals surface area contributed by atoms with Crippen LogP contribution in [0.3, 0.4) is 0 Å². The lowest BCUT2D eigenvalue weighted by atomic mass is 10.3. The number of anilines is 1. The van der Waals surface area contributed by atoms with Gasteiger partial charge in [-0.2, -0.15) is 10.5 Å². The highest BCUT2D eigenvalue weighted by Gasteiger charge is 2.20. The zero-order chi connectivity index (χ0) is 11.5. The molecule has 5 nitrogen and oxygen atoms in total. The van der Waals surface area contributed by atoms with Crippen molar-refractivity contribution in [3.63, 3.8) is 0 Å². The topological polar surface area (TPSA) is 76.6 Å². The lowest BCUT2D eigenvalue weighted by Crippen LogP contribution is -2.20. The molecule has 0 radical (unpaired) electrons. The van der Waals surface area contributed by atoms with Crippen molar-refractivity contribution < 1.29 is 0 Å². The maximum Gasteiger partial charge on any atom is 0.179 e. The second kappa shape index (κ2) is 4.34. The van der Waals surface area contributed by atoms with E-state index in [1.54, 1.807) is 6.07 Å². The highest BCUT2D eigenvalue weighted by Crippen LogP contribution is 2.25. The van der Waals surface area contributed by atoms with Crippen LogP contribution in [0.15, 0.2) is 0 Å². The van der Waals surface area contributed by atoms with E-state index in [9.17, 15) is 0 Å². The van der Waals surface area contributed by atoms with Crippen LogP contribution in [0.25, 0.3) is 0 Å². The number of hydrogen-bond acceptors (Lipinski definition) is 5. The number of nitriles is 2. The lowest BCUT2D eigenvalue weighted by Gasteiger charge is -2.17. The van der Waals surface area contributed by atoms with E-state index >= 15 is 0 Å². The Hall–Kier alpha value is -1.85. The molecule has 0 aromatic carbocycles. The fraction of sp³-hybridized carbons (Fsp3) is 0.400. The maximum absolute atomic E-state index is 8.84. The van der Waals surface area contributed by atoms with Gasteiger partial charge in [-0.1, -0.05) is 11.6 Å². The molecular weight excluding hydrogens is 226 g/mol. The fourth-order valence-corrected chi connectivity index (χ4v) is 1.94.